The van der Waals surface area contributed by atoms with Gasteiger partial charge in [-0.15, -0.1) is 0 Å². The molecular weight excluding hydrogens is 316 g/mol. The summed E-state index contributed by atoms with van der Waals surface area (Å²) in [5.41, 5.74) is 6.86. The normalized spacial score (nSPS) is 10.2. The maximum Gasteiger partial charge on any atom is 0.411 e. The molecule has 0 aliphatic rings. The summed E-state index contributed by atoms with van der Waals surface area (Å²) >= 11 is 8.21. The minimum Gasteiger partial charge on any atom is -0.449 e. The van der Waals surface area contributed by atoms with Crippen molar-refractivity contribution in [2.75, 3.05) is 11.9 Å². The van der Waals surface area contributed by atoms with Gasteiger partial charge in [-0.3, -0.25) is 5.32 Å². The monoisotopic (exact) mass is 330 g/mol. The zero-order chi connectivity index (χ0) is 13.7. The highest BCUT2D eigenvalue weighted by atomic mass is 79.9. The maximum absolute atomic E-state index is 11.5. The molecule has 0 atom stereocenters. The molecule has 0 aliphatic heterocycles. The van der Waals surface area contributed by atoms with Crippen molar-refractivity contribution in [3.8, 4) is 0 Å². The number of hydrogen-bond donors (Lipinski definition) is 2. The molecule has 1 aromatic carbocycles. The molecule has 1 aromatic rings. The summed E-state index contributed by atoms with van der Waals surface area (Å²) in [6.07, 6.45) is -0.479. The predicted molar refractivity (Wildman–Crippen MR) is 79.8 cm³/mol. The number of anilines is 1. The Labute approximate surface area is 120 Å². The number of carbonyl (C=O) groups is 1. The molecular formula is C12H15BrN2O2S. The fourth-order valence-electron chi connectivity index (χ4n) is 1.16. The molecule has 1 rings (SSSR count). The van der Waals surface area contributed by atoms with Gasteiger partial charge in [-0.2, -0.15) is 0 Å². The van der Waals surface area contributed by atoms with Crippen LogP contribution in [0.5, 0.6) is 0 Å². The molecule has 0 bridgehead atoms. The van der Waals surface area contributed by atoms with Crippen molar-refractivity contribution < 1.29 is 9.53 Å². The smallest absolute Gasteiger partial charge is 0.411 e. The van der Waals surface area contributed by atoms with Crippen molar-refractivity contribution in [1.82, 2.24) is 0 Å². The van der Waals surface area contributed by atoms with Crippen molar-refractivity contribution in [3.05, 3.63) is 28.2 Å². The third-order valence-corrected chi connectivity index (χ3v) is 2.93. The maximum atomic E-state index is 11.5. The largest absolute Gasteiger partial charge is 0.449 e. The van der Waals surface area contributed by atoms with Gasteiger partial charge >= 0.3 is 6.09 Å². The summed E-state index contributed by atoms with van der Waals surface area (Å²) in [7, 11) is 0. The molecule has 0 saturated carbocycles. The molecule has 0 aromatic heterocycles. The molecule has 0 heterocycles. The van der Waals surface area contributed by atoms with Crippen LogP contribution in [0.25, 0.3) is 0 Å². The first-order valence-electron chi connectivity index (χ1n) is 5.43. The van der Waals surface area contributed by atoms with Gasteiger partial charge in [0.2, 0.25) is 0 Å². The predicted octanol–water partition coefficient (Wildman–Crippen LogP) is 3.29. The van der Waals surface area contributed by atoms with Crippen LogP contribution in [0.15, 0.2) is 22.7 Å². The Morgan fingerprint density at radius 1 is 1.56 bits per heavy atom. The number of carbonyl (C=O) groups excluding carboxylic acids is 1. The van der Waals surface area contributed by atoms with Crippen LogP contribution in [0.4, 0.5) is 10.5 Å². The van der Waals surface area contributed by atoms with Crippen molar-refractivity contribution in [3.63, 3.8) is 0 Å². The number of rotatable bonds is 4. The summed E-state index contributed by atoms with van der Waals surface area (Å²) in [4.78, 5) is 11.8. The molecule has 0 spiro atoms. The molecule has 3 N–H and O–H groups in total. The third kappa shape index (κ3) is 4.62. The molecule has 98 valence electrons. The molecule has 0 aliphatic carbocycles. The van der Waals surface area contributed by atoms with Gasteiger partial charge in [0.15, 0.2) is 0 Å². The van der Waals surface area contributed by atoms with Crippen LogP contribution in [0.3, 0.4) is 0 Å². The summed E-state index contributed by atoms with van der Waals surface area (Å²) in [5.74, 6) is 0.302. The fraction of sp³-hybridized carbons (Fsp3) is 0.333. The number of hydrogen-bond acceptors (Lipinski definition) is 3. The third-order valence-electron chi connectivity index (χ3n) is 2.04. The molecule has 6 heteroatoms. The second kappa shape index (κ2) is 6.70. The highest BCUT2D eigenvalue weighted by molar-refractivity contribution is 9.10. The van der Waals surface area contributed by atoms with Crippen LogP contribution in [0, 0.1) is 5.92 Å². The lowest BCUT2D eigenvalue weighted by Gasteiger charge is -2.10. The number of amides is 1. The Morgan fingerprint density at radius 2 is 2.22 bits per heavy atom. The standard InChI is InChI=1S/C12H15BrN2O2S/c1-7(2)6-17-12(16)15-10-4-3-8(11(14)18)5-9(10)13/h3-5,7H,6H2,1-2H3,(H2,14,18)(H,15,16). The van der Waals surface area contributed by atoms with E-state index in [9.17, 15) is 4.79 Å². The van der Waals surface area contributed by atoms with Gasteiger partial charge in [0.25, 0.3) is 0 Å². The van der Waals surface area contributed by atoms with Crippen LogP contribution < -0.4 is 11.1 Å². The van der Waals surface area contributed by atoms with Gasteiger partial charge in [0.05, 0.1) is 12.3 Å². The van der Waals surface area contributed by atoms with Gasteiger partial charge in [-0.05, 0) is 40.0 Å². The molecule has 1 amide bonds. The van der Waals surface area contributed by atoms with Gasteiger partial charge in [-0.1, -0.05) is 26.1 Å². The van der Waals surface area contributed by atoms with E-state index < -0.39 is 6.09 Å². The van der Waals surface area contributed by atoms with Gasteiger partial charge in [-0.25, -0.2) is 4.79 Å². The van der Waals surface area contributed by atoms with E-state index in [2.05, 4.69) is 21.2 Å². The molecule has 0 fully saturated rings. The minimum atomic E-state index is -0.479. The average Bonchev–Trinajstić information content (AvgIpc) is 2.29. The van der Waals surface area contributed by atoms with E-state index in [0.717, 1.165) is 5.56 Å². The number of nitrogens with one attached hydrogen (secondary N) is 1. The lowest BCUT2D eigenvalue weighted by molar-refractivity contribution is 0.147. The second-order valence-corrected chi connectivity index (χ2v) is 5.47. The van der Waals surface area contributed by atoms with Crippen molar-refractivity contribution in [2.45, 2.75) is 13.8 Å². The van der Waals surface area contributed by atoms with E-state index in [-0.39, 0.29) is 0 Å². The van der Waals surface area contributed by atoms with Crippen LogP contribution in [-0.2, 0) is 4.74 Å². The lowest BCUT2D eigenvalue weighted by atomic mass is 10.2. The fourth-order valence-corrected chi connectivity index (χ4v) is 1.76. The first-order valence-corrected chi connectivity index (χ1v) is 6.63. The van der Waals surface area contributed by atoms with Crippen LogP contribution in [0.2, 0.25) is 0 Å². The number of nitrogens with two attached hydrogens (primary N) is 1. The Hall–Kier alpha value is -1.14. The number of benzene rings is 1. The van der Waals surface area contributed by atoms with Gasteiger partial charge < -0.3 is 10.5 Å². The van der Waals surface area contributed by atoms with Gasteiger partial charge in [0.1, 0.15) is 4.99 Å². The Balaban J connectivity index is 2.68. The van der Waals surface area contributed by atoms with Crippen LogP contribution in [-0.4, -0.2) is 17.7 Å². The SMILES string of the molecule is CC(C)COC(=O)Nc1ccc(C(N)=S)cc1Br. The van der Waals surface area contributed by atoms with Crippen LogP contribution in [0.1, 0.15) is 19.4 Å². The minimum absolute atomic E-state index is 0.302. The average molecular weight is 331 g/mol. The highest BCUT2D eigenvalue weighted by Gasteiger charge is 2.08. The Kier molecular flexibility index (Phi) is 5.55. The van der Waals surface area contributed by atoms with E-state index in [0.29, 0.717) is 27.7 Å². The Morgan fingerprint density at radius 3 is 2.72 bits per heavy atom. The van der Waals surface area contributed by atoms with Gasteiger partial charge in [0, 0.05) is 10.0 Å². The quantitative estimate of drug-likeness (QED) is 0.831. The van der Waals surface area contributed by atoms with E-state index in [1.807, 2.05) is 13.8 Å². The van der Waals surface area contributed by atoms with E-state index >= 15 is 0 Å². The first kappa shape index (κ1) is 14.9. The second-order valence-electron chi connectivity index (χ2n) is 4.18. The summed E-state index contributed by atoms with van der Waals surface area (Å²) in [5, 5.41) is 2.64. The molecule has 0 saturated heterocycles. The molecule has 4 nitrogen and oxygen atoms in total. The number of halogens is 1. The number of ether oxygens (including phenoxy) is 1. The molecule has 0 radical (unpaired) electrons. The van der Waals surface area contributed by atoms with Crippen LogP contribution >= 0.6 is 28.1 Å². The highest BCUT2D eigenvalue weighted by Crippen LogP contribution is 2.23. The summed E-state index contributed by atoms with van der Waals surface area (Å²) in [6.45, 7) is 4.33. The van der Waals surface area contributed by atoms with E-state index in [1.54, 1.807) is 18.2 Å². The van der Waals surface area contributed by atoms with Crippen molar-refractivity contribution >= 4 is 44.9 Å². The van der Waals surface area contributed by atoms with E-state index in [1.165, 1.54) is 0 Å². The zero-order valence-corrected chi connectivity index (χ0v) is 12.6. The van der Waals surface area contributed by atoms with Crippen molar-refractivity contribution in [1.29, 1.82) is 0 Å². The topological polar surface area (TPSA) is 64.3 Å². The number of thiocarbonyl (C=S) groups is 1. The van der Waals surface area contributed by atoms with Crippen molar-refractivity contribution in [2.24, 2.45) is 11.7 Å². The lowest BCUT2D eigenvalue weighted by Crippen LogP contribution is -2.17. The summed E-state index contributed by atoms with van der Waals surface area (Å²) < 4.78 is 5.72. The summed E-state index contributed by atoms with van der Waals surface area (Å²) in [6, 6.07) is 5.21. The Bertz CT molecular complexity index is 463. The molecule has 0 unspecified atom stereocenters. The van der Waals surface area contributed by atoms with E-state index in [4.69, 9.17) is 22.7 Å². The first-order chi connectivity index (χ1) is 8.40. The molecule has 18 heavy (non-hydrogen) atoms. The zero-order valence-electron chi connectivity index (χ0n) is 10.2.